The normalized spacial score (nSPS) is 11.3. The van der Waals surface area contributed by atoms with Crippen LogP contribution in [0.3, 0.4) is 0 Å². The summed E-state index contributed by atoms with van der Waals surface area (Å²) in [5, 5.41) is 2.99. The summed E-state index contributed by atoms with van der Waals surface area (Å²) < 4.78 is 54.2. The van der Waals surface area contributed by atoms with Gasteiger partial charge in [-0.05, 0) is 30.2 Å². The fourth-order valence-electron chi connectivity index (χ4n) is 1.42. The Morgan fingerprint density at radius 3 is 2.17 bits per heavy atom. The highest BCUT2D eigenvalue weighted by molar-refractivity contribution is 5.31. The van der Waals surface area contributed by atoms with Crippen LogP contribution in [0.2, 0.25) is 0 Å². The van der Waals surface area contributed by atoms with Crippen molar-refractivity contribution in [3.05, 3.63) is 29.3 Å². The molecular formula is C12H15F4NO. The lowest BCUT2D eigenvalue weighted by Crippen LogP contribution is -2.19. The molecule has 1 aromatic rings. The van der Waals surface area contributed by atoms with Crippen molar-refractivity contribution >= 4 is 0 Å². The van der Waals surface area contributed by atoms with Crippen LogP contribution in [0.25, 0.3) is 0 Å². The number of ether oxygens (including phenoxy) is 1. The van der Waals surface area contributed by atoms with Crippen LogP contribution >= 0.6 is 0 Å². The standard InChI is InChI=1S/C12H15F4NO/c1-7(2)5-17-6-8-3-9(13)11(10(14)4-8)18-12(15)16/h3-4,7,12,17H,5-6H2,1-2H3. The minimum absolute atomic E-state index is 0.265. The van der Waals surface area contributed by atoms with Gasteiger partial charge in [-0.1, -0.05) is 13.8 Å². The first-order valence-corrected chi connectivity index (χ1v) is 5.53. The van der Waals surface area contributed by atoms with E-state index in [1.54, 1.807) is 0 Å². The molecule has 6 heteroatoms. The highest BCUT2D eigenvalue weighted by atomic mass is 19.3. The molecule has 0 heterocycles. The molecule has 0 aliphatic rings. The first-order chi connectivity index (χ1) is 8.40. The Hall–Kier alpha value is -1.30. The predicted octanol–water partition coefficient (Wildman–Crippen LogP) is 3.31. The van der Waals surface area contributed by atoms with E-state index in [0.717, 1.165) is 12.1 Å². The number of halogens is 4. The minimum atomic E-state index is -3.25. The second kappa shape index (κ2) is 6.58. The molecule has 0 amide bonds. The molecule has 0 fully saturated rings. The zero-order valence-electron chi connectivity index (χ0n) is 10.1. The van der Waals surface area contributed by atoms with E-state index in [9.17, 15) is 17.6 Å². The van der Waals surface area contributed by atoms with Gasteiger partial charge in [-0.2, -0.15) is 8.78 Å². The summed E-state index contributed by atoms with van der Waals surface area (Å²) in [6, 6.07) is 1.96. The van der Waals surface area contributed by atoms with Crippen molar-refractivity contribution in [3.8, 4) is 5.75 Å². The van der Waals surface area contributed by atoms with Crippen LogP contribution in [-0.2, 0) is 6.54 Å². The summed E-state index contributed by atoms with van der Waals surface area (Å²) in [4.78, 5) is 0. The third-order valence-electron chi connectivity index (χ3n) is 2.15. The SMILES string of the molecule is CC(C)CNCc1cc(F)c(OC(F)F)c(F)c1. The zero-order chi connectivity index (χ0) is 13.7. The topological polar surface area (TPSA) is 21.3 Å². The van der Waals surface area contributed by atoms with Crippen LogP contribution in [0.4, 0.5) is 17.6 Å². The van der Waals surface area contributed by atoms with Gasteiger partial charge in [-0.25, -0.2) is 8.78 Å². The smallest absolute Gasteiger partial charge is 0.387 e. The van der Waals surface area contributed by atoms with Crippen molar-refractivity contribution in [1.29, 1.82) is 0 Å². The lowest BCUT2D eigenvalue weighted by molar-refractivity contribution is -0.0546. The van der Waals surface area contributed by atoms with Crippen LogP contribution in [0.1, 0.15) is 19.4 Å². The second-order valence-corrected chi connectivity index (χ2v) is 4.29. The van der Waals surface area contributed by atoms with Crippen LogP contribution < -0.4 is 10.1 Å². The van der Waals surface area contributed by atoms with E-state index in [1.165, 1.54) is 0 Å². The summed E-state index contributed by atoms with van der Waals surface area (Å²) >= 11 is 0. The molecule has 0 radical (unpaired) electrons. The van der Waals surface area contributed by atoms with Crippen molar-refractivity contribution in [2.75, 3.05) is 6.54 Å². The Morgan fingerprint density at radius 1 is 1.17 bits per heavy atom. The van der Waals surface area contributed by atoms with Gasteiger partial charge < -0.3 is 10.1 Å². The third-order valence-corrected chi connectivity index (χ3v) is 2.15. The van der Waals surface area contributed by atoms with E-state index in [0.29, 0.717) is 18.0 Å². The molecule has 0 bridgehead atoms. The van der Waals surface area contributed by atoms with Crippen molar-refractivity contribution in [1.82, 2.24) is 5.32 Å². The quantitative estimate of drug-likeness (QED) is 0.797. The Labute approximate surface area is 103 Å². The second-order valence-electron chi connectivity index (χ2n) is 4.29. The maximum Gasteiger partial charge on any atom is 0.387 e. The van der Waals surface area contributed by atoms with E-state index in [1.807, 2.05) is 13.8 Å². The molecule has 18 heavy (non-hydrogen) atoms. The summed E-state index contributed by atoms with van der Waals surface area (Å²) in [5.74, 6) is -2.90. The molecule has 0 spiro atoms. The molecule has 1 rings (SSSR count). The summed E-state index contributed by atoms with van der Waals surface area (Å²) in [7, 11) is 0. The summed E-state index contributed by atoms with van der Waals surface area (Å²) in [5.41, 5.74) is 0.340. The monoisotopic (exact) mass is 265 g/mol. The van der Waals surface area contributed by atoms with Gasteiger partial charge in [0.1, 0.15) is 0 Å². The highest BCUT2D eigenvalue weighted by Gasteiger charge is 2.16. The van der Waals surface area contributed by atoms with Gasteiger partial charge in [-0.3, -0.25) is 0 Å². The van der Waals surface area contributed by atoms with Gasteiger partial charge in [0.05, 0.1) is 0 Å². The van der Waals surface area contributed by atoms with E-state index >= 15 is 0 Å². The Morgan fingerprint density at radius 2 is 1.72 bits per heavy atom. The van der Waals surface area contributed by atoms with Crippen LogP contribution in [-0.4, -0.2) is 13.2 Å². The molecule has 1 aromatic carbocycles. The lowest BCUT2D eigenvalue weighted by atomic mass is 10.2. The Balaban J connectivity index is 2.73. The summed E-state index contributed by atoms with van der Waals surface area (Å²) in [6.07, 6.45) is 0. The predicted molar refractivity (Wildman–Crippen MR) is 59.5 cm³/mol. The number of nitrogens with one attached hydrogen (secondary N) is 1. The molecule has 0 aromatic heterocycles. The zero-order valence-corrected chi connectivity index (χ0v) is 10.1. The molecule has 0 unspecified atom stereocenters. The van der Waals surface area contributed by atoms with Gasteiger partial charge in [-0.15, -0.1) is 0 Å². The first-order valence-electron chi connectivity index (χ1n) is 5.53. The number of hydrogen-bond donors (Lipinski definition) is 1. The number of benzene rings is 1. The van der Waals surface area contributed by atoms with E-state index < -0.39 is 24.0 Å². The molecule has 2 nitrogen and oxygen atoms in total. The molecule has 1 N–H and O–H groups in total. The van der Waals surface area contributed by atoms with Crippen molar-refractivity contribution in [2.24, 2.45) is 5.92 Å². The Bertz CT molecular complexity index is 373. The van der Waals surface area contributed by atoms with Crippen molar-refractivity contribution < 1.29 is 22.3 Å². The average Bonchev–Trinajstić information content (AvgIpc) is 2.22. The first kappa shape index (κ1) is 14.8. The van der Waals surface area contributed by atoms with Gasteiger partial charge in [0.25, 0.3) is 0 Å². The fourth-order valence-corrected chi connectivity index (χ4v) is 1.42. The fraction of sp³-hybridized carbons (Fsp3) is 0.500. The molecular weight excluding hydrogens is 250 g/mol. The third kappa shape index (κ3) is 4.52. The number of alkyl halides is 2. The van der Waals surface area contributed by atoms with E-state index in [-0.39, 0.29) is 6.54 Å². The maximum atomic E-state index is 13.3. The number of hydrogen-bond acceptors (Lipinski definition) is 2. The highest BCUT2D eigenvalue weighted by Crippen LogP contribution is 2.24. The Kier molecular flexibility index (Phi) is 5.40. The minimum Gasteiger partial charge on any atom is -0.429 e. The van der Waals surface area contributed by atoms with E-state index in [2.05, 4.69) is 10.1 Å². The van der Waals surface area contributed by atoms with Crippen LogP contribution in [0, 0.1) is 17.6 Å². The van der Waals surface area contributed by atoms with Crippen molar-refractivity contribution in [3.63, 3.8) is 0 Å². The van der Waals surface area contributed by atoms with Crippen LogP contribution in [0.5, 0.6) is 5.75 Å². The van der Waals surface area contributed by atoms with Gasteiger partial charge in [0.2, 0.25) is 0 Å². The molecule has 0 aliphatic carbocycles. The number of rotatable bonds is 6. The maximum absolute atomic E-state index is 13.3. The van der Waals surface area contributed by atoms with Crippen molar-refractivity contribution in [2.45, 2.75) is 27.0 Å². The largest absolute Gasteiger partial charge is 0.429 e. The lowest BCUT2D eigenvalue weighted by Gasteiger charge is -2.10. The van der Waals surface area contributed by atoms with Crippen LogP contribution in [0.15, 0.2) is 12.1 Å². The van der Waals surface area contributed by atoms with Gasteiger partial charge in [0.15, 0.2) is 17.4 Å². The molecule has 0 aliphatic heterocycles. The molecule has 0 saturated heterocycles. The van der Waals surface area contributed by atoms with Gasteiger partial charge >= 0.3 is 6.61 Å². The molecule has 0 saturated carbocycles. The molecule has 102 valence electrons. The van der Waals surface area contributed by atoms with E-state index in [4.69, 9.17) is 0 Å². The summed E-state index contributed by atoms with van der Waals surface area (Å²) in [6.45, 7) is 1.69. The average molecular weight is 265 g/mol. The van der Waals surface area contributed by atoms with Gasteiger partial charge in [0, 0.05) is 6.54 Å². The molecule has 0 atom stereocenters.